The van der Waals surface area contributed by atoms with E-state index in [0.29, 0.717) is 6.54 Å². The maximum Gasteiger partial charge on any atom is 0.345 e. The maximum atomic E-state index is 11.9. The van der Waals surface area contributed by atoms with E-state index in [-0.39, 0.29) is 10.6 Å². The first-order valence-electron chi connectivity index (χ1n) is 7.33. The molecule has 8 heteroatoms. The zero-order chi connectivity index (χ0) is 17.2. The summed E-state index contributed by atoms with van der Waals surface area (Å²) in [6.07, 6.45) is 4.08. The van der Waals surface area contributed by atoms with E-state index in [2.05, 4.69) is 12.2 Å². The monoisotopic (exact) mass is 342 g/mol. The first-order chi connectivity index (χ1) is 11.0. The van der Waals surface area contributed by atoms with Crippen LogP contribution in [0.25, 0.3) is 0 Å². The molecule has 0 saturated heterocycles. The normalized spacial score (nSPS) is 10.2. The van der Waals surface area contributed by atoms with Gasteiger partial charge in [0.1, 0.15) is 5.56 Å². The molecule has 0 saturated carbocycles. The lowest BCUT2D eigenvalue weighted by molar-refractivity contribution is -0.385. The largest absolute Gasteiger partial charge is 0.452 e. The number of rotatable bonds is 9. The van der Waals surface area contributed by atoms with E-state index >= 15 is 0 Å². The summed E-state index contributed by atoms with van der Waals surface area (Å²) >= 11 is 5.73. The standard InChI is InChI=1S/C15H19ClN2O5/c1-2-3-4-5-8-17-14(19)10-23-15(20)12-9-11(16)6-7-13(12)18(21)22/h6-7,9H,2-5,8,10H2,1H3,(H,17,19). The fourth-order valence-electron chi connectivity index (χ4n) is 1.87. The lowest BCUT2D eigenvalue weighted by atomic mass is 10.2. The minimum absolute atomic E-state index is 0.169. The highest BCUT2D eigenvalue weighted by Gasteiger charge is 2.22. The molecular weight excluding hydrogens is 324 g/mol. The zero-order valence-corrected chi connectivity index (χ0v) is 13.6. The predicted molar refractivity (Wildman–Crippen MR) is 85.5 cm³/mol. The zero-order valence-electron chi connectivity index (χ0n) is 12.8. The summed E-state index contributed by atoms with van der Waals surface area (Å²) in [5.74, 6) is -1.40. The van der Waals surface area contributed by atoms with Crippen LogP contribution in [0.2, 0.25) is 5.02 Å². The number of nitro benzene ring substituents is 1. The van der Waals surface area contributed by atoms with E-state index in [1.165, 1.54) is 6.07 Å². The van der Waals surface area contributed by atoms with E-state index < -0.39 is 29.1 Å². The second kappa shape index (κ2) is 9.78. The Morgan fingerprint density at radius 1 is 1.30 bits per heavy atom. The highest BCUT2D eigenvalue weighted by molar-refractivity contribution is 6.31. The molecule has 1 aromatic carbocycles. The summed E-state index contributed by atoms with van der Waals surface area (Å²) in [6.45, 7) is 2.11. The number of esters is 1. The van der Waals surface area contributed by atoms with Gasteiger partial charge in [-0.3, -0.25) is 14.9 Å². The van der Waals surface area contributed by atoms with E-state index in [4.69, 9.17) is 16.3 Å². The molecule has 0 fully saturated rings. The van der Waals surface area contributed by atoms with Crippen LogP contribution in [-0.4, -0.2) is 30.0 Å². The average molecular weight is 343 g/mol. The van der Waals surface area contributed by atoms with Crippen LogP contribution in [-0.2, 0) is 9.53 Å². The molecule has 0 bridgehead atoms. The lowest BCUT2D eigenvalue weighted by Crippen LogP contribution is -2.29. The van der Waals surface area contributed by atoms with Crippen LogP contribution >= 0.6 is 11.6 Å². The molecule has 0 aliphatic carbocycles. The molecular formula is C15H19ClN2O5. The highest BCUT2D eigenvalue weighted by Crippen LogP contribution is 2.23. The SMILES string of the molecule is CCCCCCNC(=O)COC(=O)c1cc(Cl)ccc1[N+](=O)[O-]. The molecule has 0 spiro atoms. The van der Waals surface area contributed by atoms with Crippen LogP contribution < -0.4 is 5.32 Å². The Balaban J connectivity index is 2.49. The van der Waals surface area contributed by atoms with Gasteiger partial charge in [-0.15, -0.1) is 0 Å². The van der Waals surface area contributed by atoms with Crippen molar-refractivity contribution in [2.45, 2.75) is 32.6 Å². The molecule has 0 atom stereocenters. The molecule has 0 aliphatic heterocycles. The molecule has 1 amide bonds. The van der Waals surface area contributed by atoms with Crippen LogP contribution in [0.5, 0.6) is 0 Å². The fourth-order valence-corrected chi connectivity index (χ4v) is 2.04. The third-order valence-electron chi connectivity index (χ3n) is 3.06. The molecule has 0 heterocycles. The predicted octanol–water partition coefficient (Wildman–Crippen LogP) is 3.10. The summed E-state index contributed by atoms with van der Waals surface area (Å²) < 4.78 is 4.80. The van der Waals surface area contributed by atoms with Gasteiger partial charge in [-0.05, 0) is 18.6 Å². The second-order valence-corrected chi connectivity index (χ2v) is 5.34. The smallest absolute Gasteiger partial charge is 0.345 e. The summed E-state index contributed by atoms with van der Waals surface area (Å²) in [6, 6.07) is 3.57. The minimum atomic E-state index is -0.958. The molecule has 7 nitrogen and oxygen atoms in total. The molecule has 0 radical (unpaired) electrons. The summed E-state index contributed by atoms with van der Waals surface area (Å²) in [5.41, 5.74) is -0.697. The number of hydrogen-bond donors (Lipinski definition) is 1. The van der Waals surface area contributed by atoms with E-state index in [9.17, 15) is 19.7 Å². The summed E-state index contributed by atoms with van der Waals surface area (Å²) in [5, 5.41) is 13.7. The Hall–Kier alpha value is -2.15. The number of amides is 1. The quantitative estimate of drug-likeness (QED) is 0.322. The Morgan fingerprint density at radius 2 is 2.04 bits per heavy atom. The van der Waals surface area contributed by atoms with Crippen molar-refractivity contribution < 1.29 is 19.2 Å². The molecule has 23 heavy (non-hydrogen) atoms. The van der Waals surface area contributed by atoms with Crippen LogP contribution in [0.4, 0.5) is 5.69 Å². The second-order valence-electron chi connectivity index (χ2n) is 4.91. The van der Waals surface area contributed by atoms with Gasteiger partial charge in [0.2, 0.25) is 0 Å². The number of halogens is 1. The number of carbonyl (C=O) groups excluding carboxylic acids is 2. The number of benzene rings is 1. The highest BCUT2D eigenvalue weighted by atomic mass is 35.5. The Morgan fingerprint density at radius 3 is 2.70 bits per heavy atom. The average Bonchev–Trinajstić information content (AvgIpc) is 2.52. The van der Waals surface area contributed by atoms with Gasteiger partial charge in [-0.25, -0.2) is 4.79 Å². The van der Waals surface area contributed by atoms with Crippen molar-refractivity contribution in [3.05, 3.63) is 38.9 Å². The number of nitrogens with zero attached hydrogens (tertiary/aromatic N) is 1. The minimum Gasteiger partial charge on any atom is -0.452 e. The van der Waals surface area contributed by atoms with E-state index in [1.54, 1.807) is 0 Å². The van der Waals surface area contributed by atoms with Crippen molar-refractivity contribution in [1.82, 2.24) is 5.32 Å². The summed E-state index contributed by atoms with van der Waals surface area (Å²) in [7, 11) is 0. The first-order valence-corrected chi connectivity index (χ1v) is 7.71. The van der Waals surface area contributed by atoms with Crippen molar-refractivity contribution in [2.24, 2.45) is 0 Å². The Kier molecular flexibility index (Phi) is 8.04. The van der Waals surface area contributed by atoms with Gasteiger partial charge in [0.25, 0.3) is 11.6 Å². The fraction of sp³-hybridized carbons (Fsp3) is 0.467. The number of nitrogens with one attached hydrogen (secondary N) is 1. The third kappa shape index (κ3) is 6.65. The van der Waals surface area contributed by atoms with Gasteiger partial charge in [-0.2, -0.15) is 0 Å². The van der Waals surface area contributed by atoms with Gasteiger partial charge in [0.15, 0.2) is 6.61 Å². The van der Waals surface area contributed by atoms with Crippen molar-refractivity contribution in [2.75, 3.05) is 13.2 Å². The van der Waals surface area contributed by atoms with Crippen molar-refractivity contribution in [3.8, 4) is 0 Å². The molecule has 1 aromatic rings. The van der Waals surface area contributed by atoms with Gasteiger partial charge in [0.05, 0.1) is 4.92 Å². The van der Waals surface area contributed by atoms with Crippen molar-refractivity contribution in [1.29, 1.82) is 0 Å². The molecule has 1 N–H and O–H groups in total. The number of nitro groups is 1. The van der Waals surface area contributed by atoms with Gasteiger partial charge >= 0.3 is 5.97 Å². The van der Waals surface area contributed by atoms with Gasteiger partial charge in [0, 0.05) is 17.6 Å². The van der Waals surface area contributed by atoms with Gasteiger partial charge < -0.3 is 10.1 Å². The van der Waals surface area contributed by atoms with E-state index in [0.717, 1.165) is 37.8 Å². The third-order valence-corrected chi connectivity index (χ3v) is 3.30. The Bertz CT molecular complexity index is 577. The molecule has 0 aliphatic rings. The van der Waals surface area contributed by atoms with Gasteiger partial charge in [-0.1, -0.05) is 37.8 Å². The molecule has 0 aromatic heterocycles. The maximum absolute atomic E-state index is 11.9. The van der Waals surface area contributed by atoms with Crippen LogP contribution in [0.1, 0.15) is 43.0 Å². The molecule has 1 rings (SSSR count). The van der Waals surface area contributed by atoms with Crippen LogP contribution in [0, 0.1) is 10.1 Å². The number of unbranched alkanes of at least 4 members (excludes halogenated alkanes) is 3. The Labute approximate surface area is 139 Å². The van der Waals surface area contributed by atoms with Crippen molar-refractivity contribution >= 4 is 29.2 Å². The molecule has 126 valence electrons. The number of ether oxygens (including phenoxy) is 1. The lowest BCUT2D eigenvalue weighted by Gasteiger charge is -2.07. The molecule has 0 unspecified atom stereocenters. The van der Waals surface area contributed by atoms with Crippen LogP contribution in [0.3, 0.4) is 0 Å². The van der Waals surface area contributed by atoms with Crippen LogP contribution in [0.15, 0.2) is 18.2 Å². The first kappa shape index (κ1) is 18.9. The topological polar surface area (TPSA) is 98.5 Å². The number of carbonyl (C=O) groups is 2. The van der Waals surface area contributed by atoms with E-state index in [1.807, 2.05) is 0 Å². The summed E-state index contributed by atoms with van der Waals surface area (Å²) in [4.78, 5) is 33.6. The number of hydrogen-bond acceptors (Lipinski definition) is 5. The van der Waals surface area contributed by atoms with Crippen molar-refractivity contribution in [3.63, 3.8) is 0 Å².